The summed E-state index contributed by atoms with van der Waals surface area (Å²) >= 11 is 0. The Morgan fingerprint density at radius 2 is 2.43 bits per heavy atom. The molecule has 0 radical (unpaired) electrons. The van der Waals surface area contributed by atoms with Gasteiger partial charge in [-0.25, -0.2) is 0 Å². The molecule has 0 aromatic carbocycles. The highest BCUT2D eigenvalue weighted by atomic mass is 16.3. The van der Waals surface area contributed by atoms with Gasteiger partial charge in [-0.1, -0.05) is 6.92 Å². The van der Waals surface area contributed by atoms with Crippen LogP contribution >= 0.6 is 0 Å². The largest absolute Gasteiger partial charge is 0.392 e. The summed E-state index contributed by atoms with van der Waals surface area (Å²) in [7, 11) is 1.92. The summed E-state index contributed by atoms with van der Waals surface area (Å²) in [5.74, 6) is 0. The van der Waals surface area contributed by atoms with Crippen LogP contribution in [0.25, 0.3) is 0 Å². The van der Waals surface area contributed by atoms with Crippen molar-refractivity contribution >= 4 is 0 Å². The van der Waals surface area contributed by atoms with Crippen LogP contribution in [-0.4, -0.2) is 34.1 Å². The third-order valence-electron chi connectivity index (χ3n) is 2.29. The van der Waals surface area contributed by atoms with Crippen LogP contribution < -0.4 is 5.32 Å². The van der Waals surface area contributed by atoms with Crippen molar-refractivity contribution in [2.24, 2.45) is 7.05 Å². The highest BCUT2D eigenvalue weighted by Gasteiger charge is 2.05. The van der Waals surface area contributed by atoms with E-state index in [9.17, 15) is 5.11 Å². The van der Waals surface area contributed by atoms with Crippen molar-refractivity contribution in [3.8, 4) is 0 Å². The smallest absolute Gasteiger partial charge is 0.0668 e. The summed E-state index contributed by atoms with van der Waals surface area (Å²) in [6.45, 7) is 3.62. The minimum atomic E-state index is -0.259. The lowest BCUT2D eigenvalue weighted by atomic mass is 10.1. The first-order valence-corrected chi connectivity index (χ1v) is 5.09. The Morgan fingerprint density at radius 1 is 1.64 bits per heavy atom. The van der Waals surface area contributed by atoms with Crippen LogP contribution in [-0.2, 0) is 13.5 Å². The molecule has 0 spiro atoms. The molecular weight excluding hydrogens is 178 g/mol. The van der Waals surface area contributed by atoms with Crippen molar-refractivity contribution in [1.29, 1.82) is 0 Å². The van der Waals surface area contributed by atoms with Crippen molar-refractivity contribution in [2.75, 3.05) is 13.1 Å². The molecule has 0 bridgehead atoms. The highest BCUT2D eigenvalue weighted by Crippen LogP contribution is 2.03. The van der Waals surface area contributed by atoms with E-state index in [0.29, 0.717) is 6.54 Å². The monoisotopic (exact) mass is 197 g/mol. The fourth-order valence-electron chi connectivity index (χ4n) is 1.37. The van der Waals surface area contributed by atoms with Gasteiger partial charge in [-0.15, -0.1) is 0 Å². The standard InChI is InChI=1S/C10H19N3O/c1-3-11-8-10(14)5-4-9-6-7-12-13(9)2/h6-7,10-11,14H,3-5,8H2,1-2H3. The molecule has 0 aliphatic rings. The second-order valence-electron chi connectivity index (χ2n) is 3.45. The number of aliphatic hydroxyl groups is 1. The zero-order valence-electron chi connectivity index (χ0n) is 8.90. The summed E-state index contributed by atoms with van der Waals surface area (Å²) in [6, 6.07) is 1.99. The second-order valence-corrected chi connectivity index (χ2v) is 3.45. The third-order valence-corrected chi connectivity index (χ3v) is 2.29. The van der Waals surface area contributed by atoms with Gasteiger partial charge in [0.25, 0.3) is 0 Å². The Kier molecular flexibility index (Phi) is 4.62. The summed E-state index contributed by atoms with van der Waals surface area (Å²) in [5, 5.41) is 16.8. The number of aryl methyl sites for hydroxylation is 2. The summed E-state index contributed by atoms with van der Waals surface area (Å²) in [5.41, 5.74) is 1.17. The molecule has 1 unspecified atom stereocenters. The van der Waals surface area contributed by atoms with Gasteiger partial charge in [-0.2, -0.15) is 5.10 Å². The summed E-state index contributed by atoms with van der Waals surface area (Å²) < 4.78 is 1.85. The van der Waals surface area contributed by atoms with E-state index in [1.54, 1.807) is 6.20 Å². The average molecular weight is 197 g/mol. The highest BCUT2D eigenvalue weighted by molar-refractivity contribution is 5.00. The van der Waals surface area contributed by atoms with Crippen molar-refractivity contribution in [3.05, 3.63) is 18.0 Å². The first-order valence-electron chi connectivity index (χ1n) is 5.09. The fourth-order valence-corrected chi connectivity index (χ4v) is 1.37. The maximum atomic E-state index is 9.58. The van der Waals surface area contributed by atoms with Gasteiger partial charge in [-0.05, 0) is 25.5 Å². The van der Waals surface area contributed by atoms with Crippen molar-refractivity contribution in [2.45, 2.75) is 25.9 Å². The van der Waals surface area contributed by atoms with Crippen LogP contribution in [0.15, 0.2) is 12.3 Å². The minimum absolute atomic E-state index is 0.259. The van der Waals surface area contributed by atoms with Crippen LogP contribution in [0.2, 0.25) is 0 Å². The van der Waals surface area contributed by atoms with Gasteiger partial charge in [0.1, 0.15) is 0 Å². The van der Waals surface area contributed by atoms with Crippen LogP contribution in [0.4, 0.5) is 0 Å². The third kappa shape index (κ3) is 3.47. The van der Waals surface area contributed by atoms with E-state index in [1.165, 1.54) is 5.69 Å². The number of hydrogen-bond donors (Lipinski definition) is 2. The van der Waals surface area contributed by atoms with E-state index in [0.717, 1.165) is 19.4 Å². The molecule has 80 valence electrons. The molecule has 0 amide bonds. The lowest BCUT2D eigenvalue weighted by Gasteiger charge is -2.10. The lowest BCUT2D eigenvalue weighted by molar-refractivity contribution is 0.162. The van der Waals surface area contributed by atoms with Crippen molar-refractivity contribution in [3.63, 3.8) is 0 Å². The van der Waals surface area contributed by atoms with Gasteiger partial charge >= 0.3 is 0 Å². The summed E-state index contributed by atoms with van der Waals surface area (Å²) in [6.07, 6.45) is 3.19. The van der Waals surface area contributed by atoms with Gasteiger partial charge in [0, 0.05) is 25.5 Å². The number of hydrogen-bond acceptors (Lipinski definition) is 3. The number of aromatic nitrogens is 2. The lowest BCUT2D eigenvalue weighted by Crippen LogP contribution is -2.27. The Hall–Kier alpha value is -0.870. The average Bonchev–Trinajstić information content (AvgIpc) is 2.58. The zero-order chi connectivity index (χ0) is 10.4. The zero-order valence-corrected chi connectivity index (χ0v) is 8.90. The maximum absolute atomic E-state index is 9.58. The van der Waals surface area contributed by atoms with E-state index in [2.05, 4.69) is 10.4 Å². The number of rotatable bonds is 6. The Balaban J connectivity index is 2.23. The van der Waals surface area contributed by atoms with Gasteiger partial charge < -0.3 is 10.4 Å². The van der Waals surface area contributed by atoms with Crippen molar-refractivity contribution in [1.82, 2.24) is 15.1 Å². The first-order chi connectivity index (χ1) is 6.74. The van der Waals surface area contributed by atoms with E-state index < -0.39 is 0 Å². The van der Waals surface area contributed by atoms with Crippen LogP contribution in [0.5, 0.6) is 0 Å². The quantitative estimate of drug-likeness (QED) is 0.690. The molecular formula is C10H19N3O. The molecule has 4 heteroatoms. The minimum Gasteiger partial charge on any atom is -0.392 e. The molecule has 14 heavy (non-hydrogen) atoms. The molecule has 1 aromatic heterocycles. The van der Waals surface area contributed by atoms with Crippen LogP contribution in [0.1, 0.15) is 19.0 Å². The van der Waals surface area contributed by atoms with E-state index in [-0.39, 0.29) is 6.10 Å². The molecule has 1 aromatic rings. The molecule has 1 rings (SSSR count). The normalized spacial score (nSPS) is 13.1. The molecule has 1 heterocycles. The van der Waals surface area contributed by atoms with Gasteiger partial charge in [-0.3, -0.25) is 4.68 Å². The number of nitrogens with one attached hydrogen (secondary N) is 1. The number of nitrogens with zero attached hydrogens (tertiary/aromatic N) is 2. The fraction of sp³-hybridized carbons (Fsp3) is 0.700. The Bertz CT molecular complexity index is 260. The number of likely N-dealkylation sites (N-methyl/N-ethyl adjacent to an activating group) is 1. The maximum Gasteiger partial charge on any atom is 0.0668 e. The Labute approximate surface area is 84.9 Å². The summed E-state index contributed by atoms with van der Waals surface area (Å²) in [4.78, 5) is 0. The van der Waals surface area contributed by atoms with Crippen LogP contribution in [0.3, 0.4) is 0 Å². The molecule has 0 aliphatic heterocycles. The molecule has 0 saturated heterocycles. The van der Waals surface area contributed by atoms with Gasteiger partial charge in [0.05, 0.1) is 6.10 Å². The molecule has 1 atom stereocenters. The first kappa shape index (κ1) is 11.2. The number of aliphatic hydroxyl groups excluding tert-OH is 1. The predicted octanol–water partition coefficient (Wildman–Crippen LogP) is 0.323. The molecule has 0 saturated carbocycles. The molecule has 2 N–H and O–H groups in total. The van der Waals surface area contributed by atoms with E-state index in [4.69, 9.17) is 0 Å². The SMILES string of the molecule is CCNCC(O)CCc1ccnn1C. The second kappa shape index (κ2) is 5.78. The Morgan fingerprint density at radius 3 is 3.00 bits per heavy atom. The van der Waals surface area contributed by atoms with Gasteiger partial charge in [0.15, 0.2) is 0 Å². The molecule has 4 nitrogen and oxygen atoms in total. The van der Waals surface area contributed by atoms with E-state index in [1.807, 2.05) is 24.7 Å². The molecule has 0 fully saturated rings. The topological polar surface area (TPSA) is 50.1 Å². The van der Waals surface area contributed by atoms with E-state index >= 15 is 0 Å². The molecule has 0 aliphatic carbocycles. The van der Waals surface area contributed by atoms with Crippen molar-refractivity contribution < 1.29 is 5.11 Å². The van der Waals surface area contributed by atoms with Gasteiger partial charge in [0.2, 0.25) is 0 Å². The predicted molar refractivity (Wildman–Crippen MR) is 56.1 cm³/mol. The van der Waals surface area contributed by atoms with Crippen LogP contribution in [0, 0.1) is 0 Å².